The van der Waals surface area contributed by atoms with E-state index in [9.17, 15) is 0 Å². The average molecular weight is 147 g/mol. The van der Waals surface area contributed by atoms with Crippen molar-refractivity contribution in [3.63, 3.8) is 0 Å². The van der Waals surface area contributed by atoms with Gasteiger partial charge in [-0.1, -0.05) is 0 Å². The van der Waals surface area contributed by atoms with Gasteiger partial charge in [0.15, 0.2) is 0 Å². The van der Waals surface area contributed by atoms with E-state index in [1.54, 1.807) is 7.11 Å². The van der Waals surface area contributed by atoms with Crippen LogP contribution in [-0.4, -0.2) is 40.0 Å². The summed E-state index contributed by atoms with van der Waals surface area (Å²) in [5, 5.41) is 2.99. The second-order valence-electron chi connectivity index (χ2n) is 2.22. The first-order valence-corrected chi connectivity index (χ1v) is 3.56. The largest absolute Gasteiger partial charge is 0.379 e. The van der Waals surface area contributed by atoms with Crippen molar-refractivity contribution in [3.05, 3.63) is 0 Å². The van der Waals surface area contributed by atoms with Crippen molar-refractivity contribution in [1.29, 1.82) is 0 Å². The molecule has 0 aliphatic heterocycles. The molecule has 0 radical (unpaired) electrons. The summed E-state index contributed by atoms with van der Waals surface area (Å²) in [5.74, 6) is 0. The third-order valence-electron chi connectivity index (χ3n) is 1.25. The van der Waals surface area contributed by atoms with Crippen LogP contribution in [0.25, 0.3) is 0 Å². The fourth-order valence-electron chi connectivity index (χ4n) is 0.492. The van der Waals surface area contributed by atoms with Crippen LogP contribution in [-0.2, 0) is 9.47 Å². The van der Waals surface area contributed by atoms with Crippen LogP contribution in [0, 0.1) is 0 Å². The number of likely N-dealkylation sites (N-methyl/N-ethyl adjacent to an activating group) is 1. The lowest BCUT2D eigenvalue weighted by Gasteiger charge is -2.09. The van der Waals surface area contributed by atoms with Gasteiger partial charge in [0.1, 0.15) is 0 Å². The molecule has 3 heteroatoms. The monoisotopic (exact) mass is 147 g/mol. The maximum atomic E-state index is 5.24. The van der Waals surface area contributed by atoms with E-state index in [0.29, 0.717) is 6.61 Å². The summed E-state index contributed by atoms with van der Waals surface area (Å²) < 4.78 is 10.2. The second kappa shape index (κ2) is 6.99. The van der Waals surface area contributed by atoms with Gasteiger partial charge in [-0.3, -0.25) is 0 Å². The van der Waals surface area contributed by atoms with Crippen LogP contribution in [0.15, 0.2) is 0 Å². The summed E-state index contributed by atoms with van der Waals surface area (Å²) in [6, 6.07) is 0. The molecule has 0 aromatic rings. The smallest absolute Gasteiger partial charge is 0.0776 e. The fraction of sp³-hybridized carbons (Fsp3) is 1.00. The zero-order valence-corrected chi connectivity index (χ0v) is 7.02. The predicted molar refractivity (Wildman–Crippen MR) is 41.2 cm³/mol. The van der Waals surface area contributed by atoms with E-state index in [4.69, 9.17) is 9.47 Å². The normalized spacial score (nSPS) is 13.5. The van der Waals surface area contributed by atoms with E-state index in [1.165, 1.54) is 0 Å². The molecule has 0 aliphatic carbocycles. The SMILES string of the molecule is CNCCOCC(C)OC. The van der Waals surface area contributed by atoms with Crippen molar-refractivity contribution in [2.75, 3.05) is 33.9 Å². The molecule has 10 heavy (non-hydrogen) atoms. The molecule has 0 bridgehead atoms. The lowest BCUT2D eigenvalue weighted by Crippen LogP contribution is -2.19. The Bertz CT molecular complexity index is 68.6. The highest BCUT2D eigenvalue weighted by atomic mass is 16.5. The van der Waals surface area contributed by atoms with Crippen LogP contribution in [0.5, 0.6) is 0 Å². The first kappa shape index (κ1) is 9.88. The minimum atomic E-state index is 0.205. The van der Waals surface area contributed by atoms with Crippen LogP contribution in [0.4, 0.5) is 0 Å². The minimum Gasteiger partial charge on any atom is -0.379 e. The van der Waals surface area contributed by atoms with Gasteiger partial charge in [0.05, 0.1) is 19.3 Å². The molecule has 3 nitrogen and oxygen atoms in total. The first-order valence-electron chi connectivity index (χ1n) is 3.56. The lowest BCUT2D eigenvalue weighted by molar-refractivity contribution is 0.0200. The van der Waals surface area contributed by atoms with Crippen LogP contribution in [0.3, 0.4) is 0 Å². The maximum absolute atomic E-state index is 5.24. The predicted octanol–water partition coefficient (Wildman–Crippen LogP) is 0.257. The number of methoxy groups -OCH3 is 1. The van der Waals surface area contributed by atoms with Gasteiger partial charge >= 0.3 is 0 Å². The first-order chi connectivity index (χ1) is 4.81. The van der Waals surface area contributed by atoms with Crippen molar-refractivity contribution >= 4 is 0 Å². The zero-order valence-electron chi connectivity index (χ0n) is 7.02. The van der Waals surface area contributed by atoms with E-state index in [1.807, 2.05) is 14.0 Å². The lowest BCUT2D eigenvalue weighted by atomic mass is 10.4. The third-order valence-corrected chi connectivity index (χ3v) is 1.25. The standard InChI is InChI=1S/C7H17NO2/c1-7(9-3)6-10-5-4-8-2/h7-8H,4-6H2,1-3H3. The van der Waals surface area contributed by atoms with Crippen molar-refractivity contribution in [1.82, 2.24) is 5.32 Å². The van der Waals surface area contributed by atoms with Gasteiger partial charge in [0.25, 0.3) is 0 Å². The Balaban J connectivity index is 2.89. The molecule has 1 atom stereocenters. The highest BCUT2D eigenvalue weighted by Gasteiger charge is 1.96. The molecule has 0 aromatic carbocycles. The number of hydrogen-bond acceptors (Lipinski definition) is 3. The average Bonchev–Trinajstić information content (AvgIpc) is 1.98. The Kier molecular flexibility index (Phi) is 6.91. The molecule has 0 aliphatic rings. The Labute approximate surface area is 62.7 Å². The van der Waals surface area contributed by atoms with Gasteiger partial charge in [0, 0.05) is 13.7 Å². The van der Waals surface area contributed by atoms with Gasteiger partial charge in [-0.2, -0.15) is 0 Å². The fourth-order valence-corrected chi connectivity index (χ4v) is 0.492. The molecule has 1 unspecified atom stereocenters. The van der Waals surface area contributed by atoms with Crippen LogP contribution in [0.2, 0.25) is 0 Å². The number of nitrogens with one attached hydrogen (secondary N) is 1. The van der Waals surface area contributed by atoms with Gasteiger partial charge < -0.3 is 14.8 Å². The molecule has 0 rings (SSSR count). The van der Waals surface area contributed by atoms with Gasteiger partial charge in [-0.15, -0.1) is 0 Å². The van der Waals surface area contributed by atoms with Gasteiger partial charge in [-0.25, -0.2) is 0 Å². The van der Waals surface area contributed by atoms with Crippen LogP contribution >= 0.6 is 0 Å². The Hall–Kier alpha value is -0.120. The molecule has 0 fully saturated rings. The Morgan fingerprint density at radius 1 is 1.50 bits per heavy atom. The number of ether oxygens (including phenoxy) is 2. The van der Waals surface area contributed by atoms with E-state index in [0.717, 1.165) is 13.2 Å². The molecule has 0 amide bonds. The molecule has 0 heterocycles. The van der Waals surface area contributed by atoms with Crippen molar-refractivity contribution in [3.8, 4) is 0 Å². The molecule has 62 valence electrons. The van der Waals surface area contributed by atoms with Gasteiger partial charge in [-0.05, 0) is 14.0 Å². The molecular weight excluding hydrogens is 130 g/mol. The summed E-state index contributed by atoms with van der Waals surface area (Å²) in [5.41, 5.74) is 0. The second-order valence-corrected chi connectivity index (χ2v) is 2.22. The van der Waals surface area contributed by atoms with E-state index in [-0.39, 0.29) is 6.10 Å². The molecule has 0 spiro atoms. The third kappa shape index (κ3) is 6.01. The summed E-state index contributed by atoms with van der Waals surface area (Å²) in [6.45, 7) is 4.32. The van der Waals surface area contributed by atoms with Crippen molar-refractivity contribution in [2.24, 2.45) is 0 Å². The van der Waals surface area contributed by atoms with Crippen molar-refractivity contribution in [2.45, 2.75) is 13.0 Å². The Morgan fingerprint density at radius 3 is 2.70 bits per heavy atom. The highest BCUT2D eigenvalue weighted by Crippen LogP contribution is 1.87. The zero-order chi connectivity index (χ0) is 7.82. The quantitative estimate of drug-likeness (QED) is 0.547. The maximum Gasteiger partial charge on any atom is 0.0776 e. The summed E-state index contributed by atoms with van der Waals surface area (Å²) in [4.78, 5) is 0. The minimum absolute atomic E-state index is 0.205. The number of hydrogen-bond donors (Lipinski definition) is 1. The molecule has 1 N–H and O–H groups in total. The molecule has 0 saturated carbocycles. The Morgan fingerprint density at radius 2 is 2.20 bits per heavy atom. The van der Waals surface area contributed by atoms with E-state index < -0.39 is 0 Å². The van der Waals surface area contributed by atoms with Crippen LogP contribution < -0.4 is 5.32 Å². The van der Waals surface area contributed by atoms with Gasteiger partial charge in [0.2, 0.25) is 0 Å². The summed E-state index contributed by atoms with van der Waals surface area (Å²) >= 11 is 0. The highest BCUT2D eigenvalue weighted by molar-refractivity contribution is 4.45. The molecular formula is C7H17NO2. The van der Waals surface area contributed by atoms with E-state index >= 15 is 0 Å². The van der Waals surface area contributed by atoms with Crippen molar-refractivity contribution < 1.29 is 9.47 Å². The molecule has 0 saturated heterocycles. The number of rotatable bonds is 6. The topological polar surface area (TPSA) is 30.5 Å². The van der Waals surface area contributed by atoms with E-state index in [2.05, 4.69) is 5.32 Å². The summed E-state index contributed by atoms with van der Waals surface area (Å²) in [7, 11) is 3.59. The molecule has 0 aromatic heterocycles. The van der Waals surface area contributed by atoms with Crippen LogP contribution in [0.1, 0.15) is 6.92 Å². The summed E-state index contributed by atoms with van der Waals surface area (Å²) in [6.07, 6.45) is 0.205.